The Morgan fingerprint density at radius 3 is 2.64 bits per heavy atom. The molecule has 0 unspecified atom stereocenters. The first kappa shape index (κ1) is 9.56. The third kappa shape index (κ3) is 1.15. The van der Waals surface area contributed by atoms with Gasteiger partial charge in [0.15, 0.2) is 0 Å². The van der Waals surface area contributed by atoms with Crippen molar-refractivity contribution in [2.75, 3.05) is 0 Å². The van der Waals surface area contributed by atoms with Crippen LogP contribution in [0, 0.1) is 5.41 Å². The maximum absolute atomic E-state index is 11.4. The second-order valence-electron chi connectivity index (χ2n) is 4.53. The number of carbonyl (C=O) groups excluding carboxylic acids is 2. The van der Waals surface area contributed by atoms with Gasteiger partial charge in [-0.3, -0.25) is 9.59 Å². The molecule has 5 heteroatoms. The summed E-state index contributed by atoms with van der Waals surface area (Å²) in [6.45, 7) is 3.61. The summed E-state index contributed by atoms with van der Waals surface area (Å²) in [5.74, 6) is -0.293. The summed E-state index contributed by atoms with van der Waals surface area (Å²) in [4.78, 5) is 24.4. The number of likely N-dealkylation sites (tertiary alicyclic amines) is 1. The minimum absolute atomic E-state index is 0.0372. The fraction of sp³-hybridized carbons (Fsp3) is 0.778. The van der Waals surface area contributed by atoms with E-state index in [0.29, 0.717) is 0 Å². The van der Waals surface area contributed by atoms with Crippen LogP contribution in [-0.4, -0.2) is 36.8 Å². The Morgan fingerprint density at radius 2 is 2.14 bits per heavy atom. The van der Waals surface area contributed by atoms with E-state index in [4.69, 9.17) is 7.98 Å². The quantitative estimate of drug-likeness (QED) is 0.574. The van der Waals surface area contributed by atoms with Crippen LogP contribution in [-0.2, 0) is 9.59 Å². The van der Waals surface area contributed by atoms with Gasteiger partial charge < -0.3 is 10.1 Å². The van der Waals surface area contributed by atoms with Crippen LogP contribution in [0.5, 0.6) is 0 Å². The maximum atomic E-state index is 11.4. The van der Waals surface area contributed by atoms with Gasteiger partial charge in [0.05, 0.1) is 0 Å². The third-order valence-corrected chi connectivity index (χ3v) is 3.44. The van der Waals surface area contributed by atoms with E-state index in [1.54, 1.807) is 4.90 Å². The standard InChI is InChI=1S/C9H13BN2O2/c1-5(13)12-6(8(14)11-10)3-9(2)4-7(9)12/h6-7H,3-4H2,1-2H3,(H,11,14)/t6-,7+,9-/m0/s1. The number of amides is 2. The number of hydrogen-bond donors (Lipinski definition) is 1. The zero-order valence-electron chi connectivity index (χ0n) is 8.41. The smallest absolute Gasteiger partial charge is 0.230 e. The molecule has 2 fully saturated rings. The Bertz CT molecular complexity index is 307. The monoisotopic (exact) mass is 192 g/mol. The highest BCUT2D eigenvalue weighted by Crippen LogP contribution is 2.59. The molecule has 1 saturated heterocycles. The summed E-state index contributed by atoms with van der Waals surface area (Å²) in [5.41, 5.74) is 0.156. The van der Waals surface area contributed by atoms with Crippen molar-refractivity contribution in [3.05, 3.63) is 0 Å². The summed E-state index contributed by atoms with van der Waals surface area (Å²) in [6, 6.07) is -0.108. The molecule has 1 saturated carbocycles. The van der Waals surface area contributed by atoms with Crippen LogP contribution in [0.2, 0.25) is 0 Å². The highest BCUT2D eigenvalue weighted by Gasteiger charge is 2.63. The topological polar surface area (TPSA) is 49.4 Å². The molecule has 1 aliphatic carbocycles. The molecule has 0 bridgehead atoms. The molecule has 1 aliphatic heterocycles. The molecule has 0 aromatic rings. The van der Waals surface area contributed by atoms with E-state index in [0.717, 1.165) is 12.8 Å². The molecule has 1 N–H and O–H groups in total. The van der Waals surface area contributed by atoms with Crippen LogP contribution >= 0.6 is 0 Å². The van der Waals surface area contributed by atoms with E-state index >= 15 is 0 Å². The van der Waals surface area contributed by atoms with Gasteiger partial charge in [-0.2, -0.15) is 0 Å². The van der Waals surface area contributed by atoms with E-state index < -0.39 is 0 Å². The number of nitrogens with one attached hydrogen (secondary N) is 1. The Balaban J connectivity index is 2.19. The van der Waals surface area contributed by atoms with Gasteiger partial charge in [-0.15, -0.1) is 0 Å². The van der Waals surface area contributed by atoms with Crippen LogP contribution in [0.1, 0.15) is 26.7 Å². The van der Waals surface area contributed by atoms with Crippen molar-refractivity contribution in [1.82, 2.24) is 10.1 Å². The molecule has 0 aromatic heterocycles. The number of hydrogen-bond acceptors (Lipinski definition) is 2. The predicted molar refractivity (Wildman–Crippen MR) is 51.3 cm³/mol. The molecule has 1 heterocycles. The van der Waals surface area contributed by atoms with Crippen LogP contribution in [0.4, 0.5) is 0 Å². The summed E-state index contributed by atoms with van der Waals surface area (Å²) in [6.07, 6.45) is 1.75. The van der Waals surface area contributed by atoms with Gasteiger partial charge in [0.2, 0.25) is 19.8 Å². The van der Waals surface area contributed by atoms with Crippen LogP contribution in [0.25, 0.3) is 0 Å². The molecule has 2 aliphatic rings. The van der Waals surface area contributed by atoms with E-state index in [9.17, 15) is 9.59 Å². The van der Waals surface area contributed by atoms with E-state index in [1.165, 1.54) is 6.92 Å². The summed E-state index contributed by atoms with van der Waals surface area (Å²) in [7, 11) is 5.08. The molecular weight excluding hydrogens is 179 g/mol. The Labute approximate surface area is 84.5 Å². The first-order valence-electron chi connectivity index (χ1n) is 4.79. The van der Waals surface area contributed by atoms with Crippen molar-refractivity contribution in [1.29, 1.82) is 0 Å². The van der Waals surface area contributed by atoms with Gasteiger partial charge in [-0.25, -0.2) is 0 Å². The summed E-state index contributed by atoms with van der Waals surface area (Å²) >= 11 is 0. The molecule has 2 rings (SSSR count). The zero-order valence-corrected chi connectivity index (χ0v) is 8.41. The first-order valence-corrected chi connectivity index (χ1v) is 4.79. The zero-order chi connectivity index (χ0) is 10.5. The number of carbonyl (C=O) groups is 2. The summed E-state index contributed by atoms with van der Waals surface area (Å²) in [5, 5.41) is 2.12. The normalized spacial score (nSPS) is 39.1. The lowest BCUT2D eigenvalue weighted by Crippen LogP contribution is -2.46. The number of piperidine rings is 1. The first-order chi connectivity index (χ1) is 6.49. The fourth-order valence-electron chi connectivity index (χ4n) is 2.55. The Hall–Kier alpha value is -0.995. The van der Waals surface area contributed by atoms with Crippen molar-refractivity contribution >= 4 is 19.8 Å². The van der Waals surface area contributed by atoms with Crippen LogP contribution in [0.15, 0.2) is 0 Å². The van der Waals surface area contributed by atoms with Crippen molar-refractivity contribution in [2.45, 2.75) is 38.8 Å². The highest BCUT2D eigenvalue weighted by molar-refractivity contribution is 6.15. The number of rotatable bonds is 1. The lowest BCUT2D eigenvalue weighted by Gasteiger charge is -2.24. The molecule has 2 amide bonds. The van der Waals surface area contributed by atoms with Gasteiger partial charge in [0.1, 0.15) is 6.04 Å². The molecule has 4 nitrogen and oxygen atoms in total. The molecule has 14 heavy (non-hydrogen) atoms. The average Bonchev–Trinajstić information content (AvgIpc) is 2.66. The Morgan fingerprint density at radius 1 is 1.50 bits per heavy atom. The van der Waals surface area contributed by atoms with Gasteiger partial charge >= 0.3 is 0 Å². The van der Waals surface area contributed by atoms with Crippen molar-refractivity contribution in [2.24, 2.45) is 5.41 Å². The van der Waals surface area contributed by atoms with Gasteiger partial charge in [0, 0.05) is 13.0 Å². The second kappa shape index (κ2) is 2.75. The van der Waals surface area contributed by atoms with Crippen molar-refractivity contribution < 1.29 is 9.59 Å². The number of fused-ring (bicyclic) bond motifs is 1. The second-order valence-corrected chi connectivity index (χ2v) is 4.53. The van der Waals surface area contributed by atoms with Crippen molar-refractivity contribution in [3.63, 3.8) is 0 Å². The SMILES string of the molecule is [B]NC(=O)[C@@H]1C[C@@]2(C)C[C@H]2N1C(C)=O. The molecular formula is C9H13BN2O2. The fourth-order valence-corrected chi connectivity index (χ4v) is 2.55. The highest BCUT2D eigenvalue weighted by atomic mass is 16.2. The van der Waals surface area contributed by atoms with Gasteiger partial charge in [-0.1, -0.05) is 6.92 Å². The van der Waals surface area contributed by atoms with E-state index in [2.05, 4.69) is 12.2 Å². The average molecular weight is 192 g/mol. The summed E-state index contributed by atoms with van der Waals surface area (Å²) < 4.78 is 0. The van der Waals surface area contributed by atoms with E-state index in [-0.39, 0.29) is 29.3 Å². The largest absolute Gasteiger partial charge is 0.407 e. The van der Waals surface area contributed by atoms with Gasteiger partial charge in [0.25, 0.3) is 0 Å². The molecule has 2 radical (unpaired) electrons. The minimum Gasteiger partial charge on any atom is -0.407 e. The third-order valence-electron chi connectivity index (χ3n) is 3.44. The lowest BCUT2D eigenvalue weighted by atomic mass is 10.0. The molecule has 3 atom stereocenters. The molecule has 0 spiro atoms. The van der Waals surface area contributed by atoms with Crippen LogP contribution < -0.4 is 5.23 Å². The molecule has 74 valence electrons. The van der Waals surface area contributed by atoms with Crippen molar-refractivity contribution in [3.8, 4) is 0 Å². The number of nitrogens with zero attached hydrogens (tertiary/aromatic N) is 1. The van der Waals surface area contributed by atoms with Gasteiger partial charge in [-0.05, 0) is 18.3 Å². The maximum Gasteiger partial charge on any atom is 0.230 e. The molecule has 0 aromatic carbocycles. The Kier molecular flexibility index (Phi) is 1.88. The lowest BCUT2D eigenvalue weighted by molar-refractivity contribution is -0.137. The minimum atomic E-state index is -0.360. The van der Waals surface area contributed by atoms with Crippen LogP contribution in [0.3, 0.4) is 0 Å². The van der Waals surface area contributed by atoms with E-state index in [1.807, 2.05) is 0 Å². The predicted octanol–water partition coefficient (Wildman–Crippen LogP) is -0.415.